The Bertz CT molecular complexity index is 845. The smallest absolute Gasteiger partial charge is 0.304 e. The van der Waals surface area contributed by atoms with Gasteiger partial charge in [-0.25, -0.2) is 0 Å². The minimum atomic E-state index is -0.711. The number of hydrogen-bond acceptors (Lipinski definition) is 4. The van der Waals surface area contributed by atoms with Crippen molar-refractivity contribution in [2.75, 3.05) is 33.3 Å². The molecule has 4 rings (SSSR count). The van der Waals surface area contributed by atoms with Gasteiger partial charge in [0.2, 0.25) is 0 Å². The number of carboxylic acid groups (broad SMARTS) is 1. The summed E-state index contributed by atoms with van der Waals surface area (Å²) >= 11 is 0. The van der Waals surface area contributed by atoms with Crippen molar-refractivity contribution in [1.82, 2.24) is 10.2 Å². The van der Waals surface area contributed by atoms with Crippen LogP contribution in [0.5, 0.6) is 5.75 Å². The van der Waals surface area contributed by atoms with Gasteiger partial charge in [0, 0.05) is 25.0 Å². The fourth-order valence-corrected chi connectivity index (χ4v) is 4.93. The number of rotatable bonds is 10. The summed E-state index contributed by atoms with van der Waals surface area (Å²) in [4.78, 5) is 13.3. The highest BCUT2D eigenvalue weighted by atomic mass is 16.5. The van der Waals surface area contributed by atoms with Gasteiger partial charge in [-0.1, -0.05) is 42.5 Å². The third kappa shape index (κ3) is 5.86. The molecule has 2 fully saturated rings. The number of ether oxygens (including phenoxy) is 1. The number of benzene rings is 2. The first-order chi connectivity index (χ1) is 15.1. The molecule has 1 aliphatic carbocycles. The SMILES string of the molecule is COc1ccc(CC2(CN[C@@H]3C[C@H]3c3ccccc3)CCN(CCC(=O)O)CC2)cc1. The zero-order chi connectivity index (χ0) is 21.7. The van der Waals surface area contributed by atoms with E-state index in [1.54, 1.807) is 7.11 Å². The summed E-state index contributed by atoms with van der Waals surface area (Å²) in [6, 6.07) is 19.8. The van der Waals surface area contributed by atoms with Gasteiger partial charge in [0.05, 0.1) is 13.5 Å². The van der Waals surface area contributed by atoms with E-state index in [1.165, 1.54) is 17.5 Å². The number of nitrogens with one attached hydrogen (secondary N) is 1. The Morgan fingerprint density at radius 1 is 1.13 bits per heavy atom. The monoisotopic (exact) mass is 422 g/mol. The van der Waals surface area contributed by atoms with Gasteiger partial charge in [0.15, 0.2) is 0 Å². The minimum absolute atomic E-state index is 0.206. The number of methoxy groups -OCH3 is 1. The van der Waals surface area contributed by atoms with Crippen LogP contribution in [0.4, 0.5) is 0 Å². The van der Waals surface area contributed by atoms with Crippen molar-refractivity contribution in [1.29, 1.82) is 0 Å². The van der Waals surface area contributed by atoms with Gasteiger partial charge in [-0.05, 0) is 67.4 Å². The number of nitrogens with zero attached hydrogens (tertiary/aromatic N) is 1. The molecule has 0 unspecified atom stereocenters. The minimum Gasteiger partial charge on any atom is -0.497 e. The van der Waals surface area contributed by atoms with Crippen LogP contribution in [0.15, 0.2) is 54.6 Å². The van der Waals surface area contributed by atoms with Crippen molar-refractivity contribution >= 4 is 5.97 Å². The molecule has 5 nitrogen and oxygen atoms in total. The Kier molecular flexibility index (Phi) is 6.93. The molecule has 0 amide bonds. The molecular weight excluding hydrogens is 388 g/mol. The van der Waals surface area contributed by atoms with Gasteiger partial charge >= 0.3 is 5.97 Å². The molecule has 2 aliphatic rings. The predicted octanol–water partition coefficient (Wildman–Crippen LogP) is 3.94. The summed E-state index contributed by atoms with van der Waals surface area (Å²) in [6.07, 6.45) is 4.67. The van der Waals surface area contributed by atoms with Crippen molar-refractivity contribution in [2.24, 2.45) is 5.41 Å². The largest absolute Gasteiger partial charge is 0.497 e. The van der Waals surface area contributed by atoms with Crippen molar-refractivity contribution in [2.45, 2.75) is 44.1 Å². The second-order valence-electron chi connectivity index (χ2n) is 9.25. The lowest BCUT2D eigenvalue weighted by Gasteiger charge is -2.42. The summed E-state index contributed by atoms with van der Waals surface area (Å²) < 4.78 is 5.32. The highest BCUT2D eigenvalue weighted by Gasteiger charge is 2.41. The van der Waals surface area contributed by atoms with E-state index in [2.05, 4.69) is 52.7 Å². The topological polar surface area (TPSA) is 61.8 Å². The van der Waals surface area contributed by atoms with Crippen LogP contribution in [0.2, 0.25) is 0 Å². The average Bonchev–Trinajstić information content (AvgIpc) is 3.58. The van der Waals surface area contributed by atoms with Crippen molar-refractivity contribution in [3.63, 3.8) is 0 Å². The maximum absolute atomic E-state index is 10.9. The lowest BCUT2D eigenvalue weighted by Crippen LogP contribution is -2.47. The number of hydrogen-bond donors (Lipinski definition) is 2. The van der Waals surface area contributed by atoms with Crippen molar-refractivity contribution in [3.05, 3.63) is 65.7 Å². The molecule has 2 aromatic carbocycles. The van der Waals surface area contributed by atoms with E-state index < -0.39 is 5.97 Å². The van der Waals surface area contributed by atoms with E-state index in [9.17, 15) is 4.79 Å². The number of carboxylic acids is 1. The third-order valence-electron chi connectivity index (χ3n) is 7.05. The Hall–Kier alpha value is -2.37. The molecule has 31 heavy (non-hydrogen) atoms. The van der Waals surface area contributed by atoms with Crippen molar-refractivity contribution < 1.29 is 14.6 Å². The molecule has 1 aliphatic heterocycles. The van der Waals surface area contributed by atoms with E-state index in [0.29, 0.717) is 18.5 Å². The van der Waals surface area contributed by atoms with E-state index in [1.807, 2.05) is 12.1 Å². The molecular formula is C26H34N2O3. The normalized spacial score (nSPS) is 22.7. The van der Waals surface area contributed by atoms with E-state index in [4.69, 9.17) is 9.84 Å². The van der Waals surface area contributed by atoms with Crippen molar-refractivity contribution in [3.8, 4) is 5.75 Å². The molecule has 5 heteroatoms. The predicted molar refractivity (Wildman–Crippen MR) is 123 cm³/mol. The Morgan fingerprint density at radius 2 is 1.84 bits per heavy atom. The fourth-order valence-electron chi connectivity index (χ4n) is 4.93. The lowest BCUT2D eigenvalue weighted by atomic mass is 9.73. The van der Waals surface area contributed by atoms with Crippen LogP contribution in [0.1, 0.15) is 42.7 Å². The van der Waals surface area contributed by atoms with Crippen LogP contribution in [-0.4, -0.2) is 55.3 Å². The first-order valence-electron chi connectivity index (χ1n) is 11.4. The van der Waals surface area contributed by atoms with Gasteiger partial charge in [-0.2, -0.15) is 0 Å². The third-order valence-corrected chi connectivity index (χ3v) is 7.05. The molecule has 1 saturated heterocycles. The van der Waals surface area contributed by atoms with Crippen LogP contribution < -0.4 is 10.1 Å². The second-order valence-corrected chi connectivity index (χ2v) is 9.25. The number of likely N-dealkylation sites (tertiary alicyclic amines) is 1. The van der Waals surface area contributed by atoms with Crippen LogP contribution >= 0.6 is 0 Å². The molecule has 2 aromatic rings. The Labute approximate surface area is 185 Å². The molecule has 0 radical (unpaired) electrons. The van der Waals surface area contributed by atoms with E-state index >= 15 is 0 Å². The molecule has 2 atom stereocenters. The summed E-state index contributed by atoms with van der Waals surface area (Å²) in [5.74, 6) is 0.815. The number of aliphatic carboxylic acids is 1. The Morgan fingerprint density at radius 3 is 2.48 bits per heavy atom. The molecule has 0 aromatic heterocycles. The molecule has 1 heterocycles. The number of carbonyl (C=O) groups is 1. The van der Waals surface area contributed by atoms with E-state index in [-0.39, 0.29) is 11.8 Å². The van der Waals surface area contributed by atoms with Gasteiger partial charge in [-0.15, -0.1) is 0 Å². The zero-order valence-corrected chi connectivity index (χ0v) is 18.4. The van der Waals surface area contributed by atoms with Crippen LogP contribution in [0.25, 0.3) is 0 Å². The van der Waals surface area contributed by atoms with Gasteiger partial charge in [0.25, 0.3) is 0 Å². The van der Waals surface area contributed by atoms with Gasteiger partial charge in [0.1, 0.15) is 5.75 Å². The van der Waals surface area contributed by atoms with Gasteiger partial charge in [-0.3, -0.25) is 4.79 Å². The first-order valence-corrected chi connectivity index (χ1v) is 11.4. The number of piperidine rings is 1. The maximum atomic E-state index is 10.9. The molecule has 1 saturated carbocycles. The highest BCUT2D eigenvalue weighted by molar-refractivity contribution is 5.66. The fraction of sp³-hybridized carbons (Fsp3) is 0.500. The zero-order valence-electron chi connectivity index (χ0n) is 18.4. The standard InChI is InChI=1S/C26H34N2O3/c1-31-22-9-7-20(8-10-22)18-26(12-15-28(16-13-26)14-11-25(29)30)19-27-24-17-23(24)21-5-3-2-4-6-21/h2-10,23-24,27H,11-19H2,1H3,(H,29,30)/t23-,24+/m0/s1. The average molecular weight is 423 g/mol. The van der Waals surface area contributed by atoms with Gasteiger partial charge < -0.3 is 20.1 Å². The van der Waals surface area contributed by atoms with Crippen LogP contribution in [0, 0.1) is 5.41 Å². The lowest BCUT2D eigenvalue weighted by molar-refractivity contribution is -0.137. The maximum Gasteiger partial charge on any atom is 0.304 e. The summed E-state index contributed by atoms with van der Waals surface area (Å²) in [6.45, 7) is 3.61. The Balaban J connectivity index is 1.38. The molecule has 0 bridgehead atoms. The van der Waals surface area contributed by atoms with E-state index in [0.717, 1.165) is 44.6 Å². The first kappa shape index (κ1) is 21.8. The molecule has 166 valence electrons. The summed E-state index contributed by atoms with van der Waals surface area (Å²) in [5, 5.41) is 12.9. The quantitative estimate of drug-likeness (QED) is 0.607. The summed E-state index contributed by atoms with van der Waals surface area (Å²) in [7, 11) is 1.70. The second kappa shape index (κ2) is 9.84. The molecule has 2 N–H and O–H groups in total. The molecule has 0 spiro atoms. The summed E-state index contributed by atoms with van der Waals surface area (Å²) in [5.41, 5.74) is 2.99. The highest BCUT2D eigenvalue weighted by Crippen LogP contribution is 2.42. The van der Waals surface area contributed by atoms with Crippen LogP contribution in [0.3, 0.4) is 0 Å². The van der Waals surface area contributed by atoms with Crippen LogP contribution in [-0.2, 0) is 11.2 Å².